The van der Waals surface area contributed by atoms with E-state index in [9.17, 15) is 4.39 Å². The van der Waals surface area contributed by atoms with Crippen molar-refractivity contribution in [2.75, 3.05) is 0 Å². The maximum absolute atomic E-state index is 13.0. The Morgan fingerprint density at radius 3 is 2.94 bits per heavy atom. The van der Waals surface area contributed by atoms with Gasteiger partial charge in [-0.15, -0.1) is 0 Å². The average molecular weight is 270 g/mol. The van der Waals surface area contributed by atoms with Gasteiger partial charge in [0.25, 0.3) is 0 Å². The summed E-state index contributed by atoms with van der Waals surface area (Å²) in [7, 11) is 0. The Morgan fingerprint density at radius 1 is 1.50 bits per heavy atom. The lowest BCUT2D eigenvalue weighted by Gasteiger charge is -2.07. The highest BCUT2D eigenvalue weighted by atomic mass is 35.5. The zero-order chi connectivity index (χ0) is 13.1. The Kier molecular flexibility index (Phi) is 3.93. The smallest absolute Gasteiger partial charge is 0.226 e. The number of aryl methyl sites for hydroxylation is 1. The van der Waals surface area contributed by atoms with E-state index in [-0.39, 0.29) is 5.02 Å². The average Bonchev–Trinajstić information content (AvgIpc) is 2.81. The summed E-state index contributed by atoms with van der Waals surface area (Å²) in [5.74, 6) is 0.449. The molecule has 1 aromatic carbocycles. The van der Waals surface area contributed by atoms with Crippen LogP contribution in [0.4, 0.5) is 4.39 Å². The summed E-state index contributed by atoms with van der Waals surface area (Å²) < 4.78 is 18.1. The lowest BCUT2D eigenvalue weighted by atomic mass is 10.1. The van der Waals surface area contributed by atoms with Crippen LogP contribution in [0.25, 0.3) is 0 Å². The van der Waals surface area contributed by atoms with Gasteiger partial charge in [-0.25, -0.2) is 4.39 Å². The van der Waals surface area contributed by atoms with Crippen LogP contribution in [0.15, 0.2) is 22.7 Å². The molecule has 0 aliphatic rings. The topological polar surface area (TPSA) is 64.9 Å². The molecule has 96 valence electrons. The summed E-state index contributed by atoms with van der Waals surface area (Å²) in [4.78, 5) is 4.19. The third kappa shape index (κ3) is 2.68. The molecule has 2 rings (SSSR count). The van der Waals surface area contributed by atoms with Crippen molar-refractivity contribution >= 4 is 11.6 Å². The number of benzene rings is 1. The molecule has 0 aliphatic carbocycles. The van der Waals surface area contributed by atoms with Crippen LogP contribution in [0.5, 0.6) is 0 Å². The normalized spacial score (nSPS) is 12.7. The fourth-order valence-corrected chi connectivity index (χ4v) is 1.75. The van der Waals surface area contributed by atoms with E-state index in [1.165, 1.54) is 12.1 Å². The molecule has 0 bridgehead atoms. The molecule has 0 radical (unpaired) electrons. The van der Waals surface area contributed by atoms with Gasteiger partial charge in [0.05, 0.1) is 11.1 Å². The van der Waals surface area contributed by atoms with Crippen LogP contribution in [0.2, 0.25) is 5.02 Å². The molecule has 1 unspecified atom stereocenters. The molecular weight excluding hydrogens is 257 g/mol. The molecule has 0 spiro atoms. The number of rotatable bonds is 4. The van der Waals surface area contributed by atoms with E-state index in [2.05, 4.69) is 10.1 Å². The first-order valence-corrected chi connectivity index (χ1v) is 6.02. The predicted octanol–water partition coefficient (Wildman–Crippen LogP) is 2.86. The van der Waals surface area contributed by atoms with Crippen molar-refractivity contribution in [1.82, 2.24) is 10.1 Å². The first-order chi connectivity index (χ1) is 8.61. The van der Waals surface area contributed by atoms with Crippen molar-refractivity contribution in [3.63, 3.8) is 0 Å². The second-order valence-electron chi connectivity index (χ2n) is 3.95. The fourth-order valence-electron chi connectivity index (χ4n) is 1.56. The van der Waals surface area contributed by atoms with Gasteiger partial charge in [-0.1, -0.05) is 29.7 Å². The SMILES string of the molecule is CCCc1nc(C(N)c2ccc(F)c(Cl)c2)no1. The molecule has 0 saturated carbocycles. The molecule has 0 saturated heterocycles. The molecule has 18 heavy (non-hydrogen) atoms. The van der Waals surface area contributed by atoms with Crippen LogP contribution in [0.3, 0.4) is 0 Å². The van der Waals surface area contributed by atoms with Gasteiger partial charge in [-0.05, 0) is 24.1 Å². The highest BCUT2D eigenvalue weighted by Gasteiger charge is 2.17. The van der Waals surface area contributed by atoms with Crippen LogP contribution < -0.4 is 5.73 Å². The van der Waals surface area contributed by atoms with Crippen LogP contribution in [0.1, 0.15) is 36.7 Å². The summed E-state index contributed by atoms with van der Waals surface area (Å²) >= 11 is 5.71. The summed E-state index contributed by atoms with van der Waals surface area (Å²) in [6.07, 6.45) is 1.63. The molecule has 2 aromatic rings. The van der Waals surface area contributed by atoms with Crippen LogP contribution >= 0.6 is 11.6 Å². The van der Waals surface area contributed by atoms with Crippen molar-refractivity contribution in [2.24, 2.45) is 5.73 Å². The van der Waals surface area contributed by atoms with Gasteiger partial charge in [0.15, 0.2) is 5.82 Å². The minimum atomic E-state index is -0.572. The first-order valence-electron chi connectivity index (χ1n) is 5.64. The zero-order valence-corrected chi connectivity index (χ0v) is 10.6. The van der Waals surface area contributed by atoms with Gasteiger partial charge in [0.2, 0.25) is 5.89 Å². The van der Waals surface area contributed by atoms with Gasteiger partial charge in [0, 0.05) is 6.42 Å². The maximum atomic E-state index is 13.0. The fraction of sp³-hybridized carbons (Fsp3) is 0.333. The third-order valence-corrected chi connectivity index (χ3v) is 2.82. The van der Waals surface area contributed by atoms with E-state index in [0.717, 1.165) is 6.42 Å². The van der Waals surface area contributed by atoms with Crippen LogP contribution in [-0.2, 0) is 6.42 Å². The Bertz CT molecular complexity index is 544. The van der Waals surface area contributed by atoms with E-state index in [1.54, 1.807) is 6.07 Å². The number of aromatic nitrogens is 2. The Hall–Kier alpha value is -1.46. The molecule has 0 fully saturated rings. The molecule has 0 amide bonds. The van der Waals surface area contributed by atoms with Gasteiger partial charge in [-0.2, -0.15) is 4.98 Å². The van der Waals surface area contributed by atoms with Crippen molar-refractivity contribution < 1.29 is 8.91 Å². The number of hydrogen-bond donors (Lipinski definition) is 1. The molecular formula is C12H13ClFN3O. The highest BCUT2D eigenvalue weighted by molar-refractivity contribution is 6.30. The molecule has 1 aromatic heterocycles. The summed E-state index contributed by atoms with van der Waals surface area (Å²) in [5, 5.41) is 3.84. The van der Waals surface area contributed by atoms with E-state index < -0.39 is 11.9 Å². The van der Waals surface area contributed by atoms with Crippen molar-refractivity contribution in [1.29, 1.82) is 0 Å². The van der Waals surface area contributed by atoms with Crippen molar-refractivity contribution in [3.8, 4) is 0 Å². The van der Waals surface area contributed by atoms with E-state index in [1.807, 2.05) is 6.92 Å². The minimum absolute atomic E-state index is 0.0280. The van der Waals surface area contributed by atoms with Crippen LogP contribution in [-0.4, -0.2) is 10.1 Å². The van der Waals surface area contributed by atoms with Gasteiger partial charge in [-0.3, -0.25) is 0 Å². The number of nitrogens with two attached hydrogens (primary N) is 1. The monoisotopic (exact) mass is 269 g/mol. The quantitative estimate of drug-likeness (QED) is 0.927. The maximum Gasteiger partial charge on any atom is 0.226 e. The standard InChI is InChI=1S/C12H13ClFN3O/c1-2-3-10-16-12(17-18-10)11(15)7-4-5-9(14)8(13)6-7/h4-6,11H,2-3,15H2,1H3. The molecule has 0 aliphatic heterocycles. The Morgan fingerprint density at radius 2 is 2.28 bits per heavy atom. The highest BCUT2D eigenvalue weighted by Crippen LogP contribution is 2.22. The summed E-state index contributed by atoms with van der Waals surface area (Å²) in [6, 6.07) is 3.72. The van der Waals surface area contributed by atoms with Gasteiger partial charge < -0.3 is 10.3 Å². The van der Waals surface area contributed by atoms with Crippen molar-refractivity contribution in [3.05, 3.63) is 46.3 Å². The van der Waals surface area contributed by atoms with Crippen molar-refractivity contribution in [2.45, 2.75) is 25.8 Å². The van der Waals surface area contributed by atoms with Crippen LogP contribution in [0, 0.1) is 5.82 Å². The van der Waals surface area contributed by atoms with E-state index in [0.29, 0.717) is 23.7 Å². The lowest BCUT2D eigenvalue weighted by Crippen LogP contribution is -2.13. The Labute approximate surface area is 109 Å². The van der Waals surface area contributed by atoms with Gasteiger partial charge in [0.1, 0.15) is 5.82 Å². The molecule has 1 atom stereocenters. The molecule has 4 nitrogen and oxygen atoms in total. The molecule has 1 heterocycles. The molecule has 2 N–H and O–H groups in total. The number of halogens is 2. The Balaban J connectivity index is 2.23. The number of hydrogen-bond acceptors (Lipinski definition) is 4. The predicted molar refractivity (Wildman–Crippen MR) is 65.7 cm³/mol. The minimum Gasteiger partial charge on any atom is -0.339 e. The third-order valence-electron chi connectivity index (χ3n) is 2.53. The van der Waals surface area contributed by atoms with E-state index >= 15 is 0 Å². The number of nitrogens with zero attached hydrogens (tertiary/aromatic N) is 2. The first kappa shape index (κ1) is 13.0. The summed E-state index contributed by atoms with van der Waals surface area (Å²) in [6.45, 7) is 2.02. The van der Waals surface area contributed by atoms with Gasteiger partial charge >= 0.3 is 0 Å². The lowest BCUT2D eigenvalue weighted by molar-refractivity contribution is 0.370. The molecule has 6 heteroatoms. The largest absolute Gasteiger partial charge is 0.339 e. The second kappa shape index (κ2) is 5.46. The zero-order valence-electron chi connectivity index (χ0n) is 9.86. The second-order valence-corrected chi connectivity index (χ2v) is 4.35. The summed E-state index contributed by atoms with van der Waals surface area (Å²) in [5.41, 5.74) is 6.62. The van der Waals surface area contributed by atoms with E-state index in [4.69, 9.17) is 21.9 Å².